The predicted octanol–water partition coefficient (Wildman–Crippen LogP) is 0.491. The topological polar surface area (TPSA) is 101 Å². The zero-order chi connectivity index (χ0) is 14.0. The van der Waals surface area contributed by atoms with E-state index in [0.29, 0.717) is 18.5 Å². The summed E-state index contributed by atoms with van der Waals surface area (Å²) in [7, 11) is -3.48. The van der Waals surface area contributed by atoms with Gasteiger partial charge in [-0.3, -0.25) is 10.1 Å². The van der Waals surface area contributed by atoms with Gasteiger partial charge in [-0.15, -0.1) is 0 Å². The summed E-state index contributed by atoms with van der Waals surface area (Å²) >= 11 is 0. The van der Waals surface area contributed by atoms with Crippen molar-refractivity contribution in [3.63, 3.8) is 0 Å². The van der Waals surface area contributed by atoms with E-state index in [-0.39, 0.29) is 18.0 Å². The highest BCUT2D eigenvalue weighted by Gasteiger charge is 2.30. The Labute approximate surface area is 110 Å². The highest BCUT2D eigenvalue weighted by Crippen LogP contribution is 2.19. The molecule has 0 radical (unpaired) electrons. The molecule has 19 heavy (non-hydrogen) atoms. The van der Waals surface area contributed by atoms with Crippen LogP contribution < -0.4 is 0 Å². The molecular weight excluding hydrogens is 272 g/mol. The lowest BCUT2D eigenvalue weighted by Crippen LogP contribution is -2.30. The summed E-state index contributed by atoms with van der Waals surface area (Å²) < 4.78 is 25.3. The van der Waals surface area contributed by atoms with Gasteiger partial charge < -0.3 is 5.11 Å². The molecule has 1 N–H and O–H groups in total. The van der Waals surface area contributed by atoms with E-state index in [1.807, 2.05) is 0 Å². The molecule has 1 fully saturated rings. The Morgan fingerprint density at radius 2 is 2.00 bits per heavy atom. The first-order valence-electron chi connectivity index (χ1n) is 5.78. The van der Waals surface area contributed by atoms with Crippen molar-refractivity contribution in [2.45, 2.75) is 18.3 Å². The number of hydrogen-bond donors (Lipinski definition) is 1. The normalized spacial score (nSPS) is 20.6. The molecule has 1 aliphatic heterocycles. The Hall–Kier alpha value is -1.51. The van der Waals surface area contributed by atoms with Crippen LogP contribution >= 0.6 is 0 Å². The number of sulfonamides is 1. The second-order valence-electron chi connectivity index (χ2n) is 4.48. The third-order valence-corrected chi connectivity index (χ3v) is 4.83. The van der Waals surface area contributed by atoms with Crippen molar-refractivity contribution < 1.29 is 18.4 Å². The number of aliphatic hydroxyl groups is 1. The van der Waals surface area contributed by atoms with Crippen LogP contribution in [0, 0.1) is 10.1 Å². The van der Waals surface area contributed by atoms with Gasteiger partial charge in [0.25, 0.3) is 5.69 Å². The van der Waals surface area contributed by atoms with Crippen LogP contribution in [-0.2, 0) is 15.8 Å². The van der Waals surface area contributed by atoms with Gasteiger partial charge in [0.2, 0.25) is 10.0 Å². The van der Waals surface area contributed by atoms with Gasteiger partial charge in [-0.25, -0.2) is 8.42 Å². The monoisotopic (exact) mass is 286 g/mol. The lowest BCUT2D eigenvalue weighted by atomic mass is 10.2. The Bertz CT molecular complexity index is 569. The van der Waals surface area contributed by atoms with E-state index in [1.54, 1.807) is 0 Å². The lowest BCUT2D eigenvalue weighted by Gasteiger charge is -2.15. The maximum Gasteiger partial charge on any atom is 0.269 e. The minimum atomic E-state index is -3.48. The standard InChI is InChI=1S/C11H14N2O5S/c14-11-5-6-12(7-11)19(17,18)8-9-1-3-10(4-2-9)13(15)16/h1-4,11,14H,5-8H2/t11-/m0/s1. The quantitative estimate of drug-likeness (QED) is 0.641. The van der Waals surface area contributed by atoms with Gasteiger partial charge in [0.1, 0.15) is 0 Å². The van der Waals surface area contributed by atoms with Crippen molar-refractivity contribution in [3.8, 4) is 0 Å². The number of nitro groups is 1. The number of β-amino-alcohol motifs (C(OH)–C–C–N with tert-alkyl or cyclic N) is 1. The minimum Gasteiger partial charge on any atom is -0.392 e. The van der Waals surface area contributed by atoms with Gasteiger partial charge in [-0.05, 0) is 12.0 Å². The van der Waals surface area contributed by atoms with Crippen LogP contribution in [0.15, 0.2) is 24.3 Å². The number of nitrogens with zero attached hydrogens (tertiary/aromatic N) is 2. The molecule has 0 aromatic heterocycles. The molecule has 104 valence electrons. The molecule has 2 rings (SSSR count). The maximum absolute atomic E-state index is 12.0. The SMILES string of the molecule is O=[N+]([O-])c1ccc(CS(=O)(=O)N2CC[C@H](O)C2)cc1. The fraction of sp³-hybridized carbons (Fsp3) is 0.455. The van der Waals surface area contributed by atoms with Crippen molar-refractivity contribution in [1.82, 2.24) is 4.31 Å². The van der Waals surface area contributed by atoms with E-state index < -0.39 is 21.1 Å². The molecule has 1 aliphatic rings. The molecule has 1 heterocycles. The average molecular weight is 286 g/mol. The Morgan fingerprint density at radius 3 is 2.47 bits per heavy atom. The van der Waals surface area contributed by atoms with E-state index >= 15 is 0 Å². The van der Waals surface area contributed by atoms with Crippen molar-refractivity contribution in [3.05, 3.63) is 39.9 Å². The second kappa shape index (κ2) is 5.24. The first-order valence-corrected chi connectivity index (χ1v) is 7.38. The van der Waals surface area contributed by atoms with Crippen LogP contribution in [-0.4, -0.2) is 41.9 Å². The highest BCUT2D eigenvalue weighted by atomic mass is 32.2. The van der Waals surface area contributed by atoms with Gasteiger partial charge >= 0.3 is 0 Å². The molecule has 1 saturated heterocycles. The van der Waals surface area contributed by atoms with Crippen molar-refractivity contribution in [2.75, 3.05) is 13.1 Å². The molecular formula is C11H14N2O5S. The molecule has 0 aliphatic carbocycles. The number of nitro benzene ring substituents is 1. The smallest absolute Gasteiger partial charge is 0.269 e. The van der Waals surface area contributed by atoms with Crippen LogP contribution in [0.25, 0.3) is 0 Å². The molecule has 0 spiro atoms. The lowest BCUT2D eigenvalue weighted by molar-refractivity contribution is -0.384. The summed E-state index contributed by atoms with van der Waals surface area (Å²) in [4.78, 5) is 9.96. The summed E-state index contributed by atoms with van der Waals surface area (Å²) in [6.45, 7) is 0.436. The third-order valence-electron chi connectivity index (χ3n) is 3.02. The number of aliphatic hydroxyl groups excluding tert-OH is 1. The predicted molar refractivity (Wildman–Crippen MR) is 67.9 cm³/mol. The first kappa shape index (κ1) is 13.9. The molecule has 1 atom stereocenters. The number of non-ortho nitro benzene ring substituents is 1. The zero-order valence-corrected chi connectivity index (χ0v) is 10.9. The molecule has 0 saturated carbocycles. The average Bonchev–Trinajstić information content (AvgIpc) is 2.77. The van der Waals surface area contributed by atoms with Gasteiger partial charge in [-0.1, -0.05) is 12.1 Å². The van der Waals surface area contributed by atoms with Gasteiger partial charge in [-0.2, -0.15) is 4.31 Å². The van der Waals surface area contributed by atoms with Crippen molar-refractivity contribution >= 4 is 15.7 Å². The molecule has 1 aromatic rings. The molecule has 8 heteroatoms. The first-order chi connectivity index (χ1) is 8.88. The molecule has 1 aromatic carbocycles. The van der Waals surface area contributed by atoms with Crippen LogP contribution in [0.2, 0.25) is 0 Å². The van der Waals surface area contributed by atoms with E-state index in [0.717, 1.165) is 0 Å². The van der Waals surface area contributed by atoms with Crippen molar-refractivity contribution in [1.29, 1.82) is 0 Å². The van der Waals surface area contributed by atoms with E-state index in [1.165, 1.54) is 28.6 Å². The maximum atomic E-state index is 12.0. The summed E-state index contributed by atoms with van der Waals surface area (Å²) in [6, 6.07) is 5.43. The Morgan fingerprint density at radius 1 is 1.37 bits per heavy atom. The molecule has 0 amide bonds. The Balaban J connectivity index is 2.10. The highest BCUT2D eigenvalue weighted by molar-refractivity contribution is 7.88. The van der Waals surface area contributed by atoms with Gasteiger partial charge in [0, 0.05) is 25.2 Å². The minimum absolute atomic E-state index is 0.0715. The van der Waals surface area contributed by atoms with Gasteiger partial charge in [0.15, 0.2) is 0 Å². The number of benzene rings is 1. The van der Waals surface area contributed by atoms with E-state index in [2.05, 4.69) is 0 Å². The van der Waals surface area contributed by atoms with Gasteiger partial charge in [0.05, 0.1) is 16.8 Å². The largest absolute Gasteiger partial charge is 0.392 e. The third kappa shape index (κ3) is 3.28. The summed E-state index contributed by atoms with van der Waals surface area (Å²) in [6.07, 6.45) is -0.161. The second-order valence-corrected chi connectivity index (χ2v) is 6.45. The number of hydrogen-bond acceptors (Lipinski definition) is 5. The van der Waals surface area contributed by atoms with Crippen LogP contribution in [0.3, 0.4) is 0 Å². The number of rotatable bonds is 4. The summed E-state index contributed by atoms with van der Waals surface area (Å²) in [5.74, 6) is -0.211. The Kier molecular flexibility index (Phi) is 3.83. The van der Waals surface area contributed by atoms with E-state index in [9.17, 15) is 23.6 Å². The summed E-state index contributed by atoms with van der Waals surface area (Å²) in [5.41, 5.74) is 0.421. The molecule has 0 bridgehead atoms. The molecule has 0 unspecified atom stereocenters. The van der Waals surface area contributed by atoms with E-state index in [4.69, 9.17) is 0 Å². The fourth-order valence-electron chi connectivity index (χ4n) is 1.98. The fourth-order valence-corrected chi connectivity index (χ4v) is 3.56. The summed E-state index contributed by atoms with van der Waals surface area (Å²) in [5, 5.41) is 19.8. The van der Waals surface area contributed by atoms with Crippen LogP contribution in [0.1, 0.15) is 12.0 Å². The van der Waals surface area contributed by atoms with Crippen molar-refractivity contribution in [2.24, 2.45) is 0 Å². The zero-order valence-electron chi connectivity index (χ0n) is 10.1. The van der Waals surface area contributed by atoms with Crippen LogP contribution in [0.5, 0.6) is 0 Å². The molecule has 7 nitrogen and oxygen atoms in total. The van der Waals surface area contributed by atoms with Crippen LogP contribution in [0.4, 0.5) is 5.69 Å².